The van der Waals surface area contributed by atoms with Crippen LogP contribution in [-0.4, -0.2) is 28.6 Å². The number of rotatable bonds is 3. The van der Waals surface area contributed by atoms with E-state index in [1.54, 1.807) is 5.48 Å². The van der Waals surface area contributed by atoms with E-state index < -0.39 is 0 Å². The molecule has 4 heteroatoms. The fraction of sp³-hybridized carbons (Fsp3) is 0.526. The minimum absolute atomic E-state index is 0.147. The predicted octanol–water partition coefficient (Wildman–Crippen LogP) is 3.06. The second-order valence-corrected chi connectivity index (χ2v) is 6.82. The highest BCUT2D eigenvalue weighted by Crippen LogP contribution is 2.50. The SMILES string of the molecule is CC/C=C1\N(C(C)C(=O)NO)CCC12CCc1ccccc1C2. The van der Waals surface area contributed by atoms with Gasteiger partial charge < -0.3 is 4.90 Å². The minimum Gasteiger partial charge on any atom is -0.363 e. The normalized spacial score (nSPS) is 26.4. The van der Waals surface area contributed by atoms with E-state index in [1.165, 1.54) is 16.8 Å². The van der Waals surface area contributed by atoms with Gasteiger partial charge >= 0.3 is 0 Å². The van der Waals surface area contributed by atoms with Crippen LogP contribution in [0.15, 0.2) is 36.0 Å². The Kier molecular flexibility index (Phi) is 4.44. The number of carbonyl (C=O) groups excluding carboxylic acids is 1. The molecule has 2 unspecified atom stereocenters. The number of nitrogens with zero attached hydrogens (tertiary/aromatic N) is 1. The maximum atomic E-state index is 11.9. The Morgan fingerprint density at radius 2 is 2.13 bits per heavy atom. The van der Waals surface area contributed by atoms with Crippen LogP contribution in [0.25, 0.3) is 0 Å². The number of allylic oxidation sites excluding steroid dienone is 2. The molecule has 23 heavy (non-hydrogen) atoms. The van der Waals surface area contributed by atoms with Crippen LogP contribution in [0.3, 0.4) is 0 Å². The van der Waals surface area contributed by atoms with Crippen LogP contribution in [0, 0.1) is 5.41 Å². The average molecular weight is 314 g/mol. The van der Waals surface area contributed by atoms with Gasteiger partial charge in [0.1, 0.15) is 6.04 Å². The Morgan fingerprint density at radius 1 is 1.39 bits per heavy atom. The third-order valence-electron chi connectivity index (χ3n) is 5.56. The molecule has 1 saturated heterocycles. The van der Waals surface area contributed by atoms with Gasteiger partial charge in [-0.15, -0.1) is 0 Å². The second kappa shape index (κ2) is 6.36. The average Bonchev–Trinajstić information content (AvgIpc) is 2.92. The molecule has 3 rings (SSSR count). The molecule has 1 fully saturated rings. The zero-order valence-corrected chi connectivity index (χ0v) is 14.0. The molecular weight excluding hydrogens is 288 g/mol. The summed E-state index contributed by atoms with van der Waals surface area (Å²) in [7, 11) is 0. The van der Waals surface area contributed by atoms with E-state index in [1.807, 2.05) is 6.92 Å². The van der Waals surface area contributed by atoms with Gasteiger partial charge in [-0.3, -0.25) is 10.0 Å². The highest BCUT2D eigenvalue weighted by molar-refractivity contribution is 5.80. The van der Waals surface area contributed by atoms with Crippen LogP contribution >= 0.6 is 0 Å². The molecule has 4 nitrogen and oxygen atoms in total. The Bertz CT molecular complexity index is 626. The molecule has 0 radical (unpaired) electrons. The third-order valence-corrected chi connectivity index (χ3v) is 5.56. The summed E-state index contributed by atoms with van der Waals surface area (Å²) in [6, 6.07) is 8.38. The highest BCUT2D eigenvalue weighted by Gasteiger charge is 2.46. The lowest BCUT2D eigenvalue weighted by atomic mass is 9.69. The number of hydrogen-bond acceptors (Lipinski definition) is 3. The first kappa shape index (κ1) is 16.1. The molecule has 2 atom stereocenters. The number of aryl methyl sites for hydroxylation is 1. The van der Waals surface area contributed by atoms with Gasteiger partial charge in [0.25, 0.3) is 5.91 Å². The standard InChI is InChI=1S/C19H26N2O2/c1-3-6-17-19(11-12-21(17)14(2)18(22)20-23)10-9-15-7-4-5-8-16(15)13-19/h4-8,14,23H,3,9-13H2,1-2H3,(H,20,22)/b17-6-. The first-order chi connectivity index (χ1) is 11.1. The Morgan fingerprint density at radius 3 is 2.83 bits per heavy atom. The summed E-state index contributed by atoms with van der Waals surface area (Å²) < 4.78 is 0. The van der Waals surface area contributed by atoms with Gasteiger partial charge in [0.15, 0.2) is 0 Å². The molecule has 1 aliphatic heterocycles. The monoisotopic (exact) mass is 314 g/mol. The summed E-state index contributed by atoms with van der Waals surface area (Å²) in [6.45, 7) is 4.89. The first-order valence-electron chi connectivity index (χ1n) is 8.59. The molecular formula is C19H26N2O2. The van der Waals surface area contributed by atoms with E-state index in [0.29, 0.717) is 0 Å². The smallest absolute Gasteiger partial charge is 0.265 e. The van der Waals surface area contributed by atoms with Crippen molar-refractivity contribution in [2.45, 2.75) is 52.0 Å². The number of fused-ring (bicyclic) bond motifs is 1. The van der Waals surface area contributed by atoms with Gasteiger partial charge in [0.2, 0.25) is 0 Å². The number of hydroxylamine groups is 1. The van der Waals surface area contributed by atoms with Crippen molar-refractivity contribution < 1.29 is 10.0 Å². The van der Waals surface area contributed by atoms with Gasteiger partial charge in [0.05, 0.1) is 0 Å². The van der Waals surface area contributed by atoms with E-state index in [-0.39, 0.29) is 17.4 Å². The van der Waals surface area contributed by atoms with E-state index in [9.17, 15) is 4.79 Å². The van der Waals surface area contributed by atoms with Gasteiger partial charge in [-0.25, -0.2) is 5.48 Å². The Balaban J connectivity index is 1.92. The molecule has 2 N–H and O–H groups in total. The Hall–Kier alpha value is -1.81. The number of nitrogens with one attached hydrogen (secondary N) is 1. The van der Waals surface area contributed by atoms with Gasteiger partial charge in [-0.1, -0.05) is 37.3 Å². The van der Waals surface area contributed by atoms with E-state index in [2.05, 4.69) is 42.2 Å². The van der Waals surface area contributed by atoms with E-state index in [4.69, 9.17) is 5.21 Å². The lowest BCUT2D eigenvalue weighted by molar-refractivity contribution is -0.133. The number of hydrogen-bond donors (Lipinski definition) is 2. The van der Waals surface area contributed by atoms with Gasteiger partial charge in [0, 0.05) is 17.7 Å². The van der Waals surface area contributed by atoms with Crippen LogP contribution in [0.1, 0.15) is 44.2 Å². The molecule has 124 valence electrons. The van der Waals surface area contributed by atoms with Crippen molar-refractivity contribution in [3.63, 3.8) is 0 Å². The summed E-state index contributed by atoms with van der Waals surface area (Å²) in [5.74, 6) is -0.333. The summed E-state index contributed by atoms with van der Waals surface area (Å²) in [4.78, 5) is 14.1. The minimum atomic E-state index is -0.339. The van der Waals surface area contributed by atoms with Crippen LogP contribution in [0.2, 0.25) is 0 Å². The summed E-state index contributed by atoms with van der Waals surface area (Å²) in [5, 5.41) is 8.97. The lowest BCUT2D eigenvalue weighted by Gasteiger charge is -2.38. The molecule has 0 bridgehead atoms. The molecule has 1 amide bonds. The number of benzene rings is 1. The van der Waals surface area contributed by atoms with E-state index >= 15 is 0 Å². The van der Waals surface area contributed by atoms with Crippen molar-refractivity contribution in [1.29, 1.82) is 0 Å². The zero-order valence-electron chi connectivity index (χ0n) is 14.0. The summed E-state index contributed by atoms with van der Waals surface area (Å²) in [6.07, 6.45) is 7.62. The second-order valence-electron chi connectivity index (χ2n) is 6.82. The van der Waals surface area contributed by atoms with Crippen LogP contribution in [-0.2, 0) is 17.6 Å². The van der Waals surface area contributed by atoms with Crippen molar-refractivity contribution in [3.05, 3.63) is 47.2 Å². The summed E-state index contributed by atoms with van der Waals surface area (Å²) in [5.41, 5.74) is 6.16. The van der Waals surface area contributed by atoms with Gasteiger partial charge in [-0.2, -0.15) is 0 Å². The molecule has 1 aromatic rings. The topological polar surface area (TPSA) is 52.6 Å². The predicted molar refractivity (Wildman–Crippen MR) is 90.0 cm³/mol. The molecule has 0 aromatic heterocycles. The molecule has 1 aliphatic carbocycles. The Labute approximate surface area is 138 Å². The first-order valence-corrected chi connectivity index (χ1v) is 8.59. The summed E-state index contributed by atoms with van der Waals surface area (Å²) >= 11 is 0. The lowest BCUT2D eigenvalue weighted by Crippen LogP contribution is -2.43. The largest absolute Gasteiger partial charge is 0.363 e. The van der Waals surface area contributed by atoms with Crippen molar-refractivity contribution in [2.75, 3.05) is 6.54 Å². The fourth-order valence-corrected chi connectivity index (χ4v) is 4.28. The zero-order chi connectivity index (χ0) is 16.4. The molecule has 1 spiro atoms. The number of likely N-dealkylation sites (tertiary alicyclic amines) is 1. The van der Waals surface area contributed by atoms with Crippen LogP contribution < -0.4 is 5.48 Å². The van der Waals surface area contributed by atoms with Crippen LogP contribution in [0.5, 0.6) is 0 Å². The molecule has 0 saturated carbocycles. The van der Waals surface area contributed by atoms with E-state index in [0.717, 1.165) is 38.6 Å². The highest BCUT2D eigenvalue weighted by atomic mass is 16.5. The van der Waals surface area contributed by atoms with Gasteiger partial charge in [-0.05, 0) is 50.2 Å². The van der Waals surface area contributed by atoms with Crippen molar-refractivity contribution >= 4 is 5.91 Å². The number of carbonyl (C=O) groups is 1. The fourth-order valence-electron chi connectivity index (χ4n) is 4.28. The molecule has 1 heterocycles. The van der Waals surface area contributed by atoms with Crippen molar-refractivity contribution in [2.24, 2.45) is 5.41 Å². The van der Waals surface area contributed by atoms with Crippen molar-refractivity contribution in [1.82, 2.24) is 10.4 Å². The number of amides is 1. The third kappa shape index (κ3) is 2.76. The molecule has 1 aromatic carbocycles. The van der Waals surface area contributed by atoms with Crippen molar-refractivity contribution in [3.8, 4) is 0 Å². The van der Waals surface area contributed by atoms with Crippen LogP contribution in [0.4, 0.5) is 0 Å². The molecule has 2 aliphatic rings. The maximum absolute atomic E-state index is 11.9. The quantitative estimate of drug-likeness (QED) is 0.666. The maximum Gasteiger partial charge on any atom is 0.265 e.